The molecule has 0 spiro atoms. The van der Waals surface area contributed by atoms with Gasteiger partial charge >= 0.3 is 6.03 Å². The molecule has 0 saturated carbocycles. The van der Waals surface area contributed by atoms with Crippen LogP contribution in [0.2, 0.25) is 0 Å². The molecule has 1 saturated heterocycles. The number of halogens is 2. The highest BCUT2D eigenvalue weighted by Crippen LogP contribution is 2.32. The Labute approximate surface area is 168 Å². The summed E-state index contributed by atoms with van der Waals surface area (Å²) in [5, 5.41) is 5.92. The molecule has 2 amide bonds. The summed E-state index contributed by atoms with van der Waals surface area (Å²) in [7, 11) is 0. The number of benzene rings is 1. The first-order chi connectivity index (χ1) is 14.1. The Balaban J connectivity index is 1.23. The average Bonchev–Trinajstić information content (AvgIpc) is 3.29. The van der Waals surface area contributed by atoms with E-state index in [0.717, 1.165) is 16.3 Å². The molecule has 5 rings (SSSR count). The molecule has 4 heterocycles. The van der Waals surface area contributed by atoms with E-state index in [1.165, 1.54) is 28.5 Å². The van der Waals surface area contributed by atoms with Gasteiger partial charge in [-0.2, -0.15) is 5.10 Å². The van der Waals surface area contributed by atoms with E-state index in [4.69, 9.17) is 4.74 Å². The normalized spacial score (nSPS) is 19.0. The average molecular weight is 415 g/mol. The van der Waals surface area contributed by atoms with E-state index in [9.17, 15) is 13.6 Å². The molecule has 1 fully saturated rings. The molecule has 148 valence electrons. The van der Waals surface area contributed by atoms with Crippen LogP contribution in [-0.2, 0) is 0 Å². The van der Waals surface area contributed by atoms with Crippen molar-refractivity contribution in [3.05, 3.63) is 53.9 Å². The van der Waals surface area contributed by atoms with Crippen LogP contribution >= 0.6 is 11.3 Å². The fourth-order valence-corrected chi connectivity index (χ4v) is 4.26. The molecule has 0 aliphatic carbocycles. The molecule has 0 N–H and O–H groups in total. The highest BCUT2D eigenvalue weighted by molar-refractivity contribution is 7.20. The Bertz CT molecular complexity index is 1060. The van der Waals surface area contributed by atoms with Gasteiger partial charge in [-0.3, -0.25) is 4.98 Å². The topological polar surface area (TPSA) is 70.9 Å². The summed E-state index contributed by atoms with van der Waals surface area (Å²) < 4.78 is 33.9. The molecule has 10 heteroatoms. The van der Waals surface area contributed by atoms with E-state index < -0.39 is 17.7 Å². The number of carbonyl (C=O) groups is 1. The van der Waals surface area contributed by atoms with Crippen molar-refractivity contribution in [3.8, 4) is 5.19 Å². The molecule has 2 aliphatic heterocycles. The van der Waals surface area contributed by atoms with Gasteiger partial charge in [-0.15, -0.1) is 0 Å². The van der Waals surface area contributed by atoms with E-state index in [-0.39, 0.29) is 12.1 Å². The molecule has 0 radical (unpaired) electrons. The largest absolute Gasteiger partial charge is 0.463 e. The minimum Gasteiger partial charge on any atom is -0.463 e. The van der Waals surface area contributed by atoms with Crippen LogP contribution < -0.4 is 4.74 Å². The highest BCUT2D eigenvalue weighted by Gasteiger charge is 2.39. The van der Waals surface area contributed by atoms with Gasteiger partial charge in [0.15, 0.2) is 0 Å². The second kappa shape index (κ2) is 7.03. The van der Waals surface area contributed by atoms with Crippen LogP contribution in [-0.4, -0.2) is 51.3 Å². The Morgan fingerprint density at radius 3 is 2.76 bits per heavy atom. The standard InChI is InChI=1S/C19H15F2N5O2S/c20-12-5-11(6-13(21)7-12)16-2-4-23-26(16)19(27)25-9-14(10-25)28-18-24-15-1-3-22-8-17(15)29-18/h1,3-8,14,16H,2,9-10H2/t16-/m0/s1. The van der Waals surface area contributed by atoms with Gasteiger partial charge in [0.2, 0.25) is 0 Å². The number of amides is 2. The molecule has 29 heavy (non-hydrogen) atoms. The third-order valence-corrected chi connectivity index (χ3v) is 5.75. The van der Waals surface area contributed by atoms with E-state index >= 15 is 0 Å². The number of urea groups is 1. The first-order valence-corrected chi connectivity index (χ1v) is 9.82. The van der Waals surface area contributed by atoms with Crippen molar-refractivity contribution in [2.45, 2.75) is 18.6 Å². The number of rotatable bonds is 3. The Hall–Kier alpha value is -3.14. The van der Waals surface area contributed by atoms with Crippen LogP contribution in [0.15, 0.2) is 41.8 Å². The van der Waals surface area contributed by atoms with E-state index in [1.807, 2.05) is 6.07 Å². The fraction of sp³-hybridized carbons (Fsp3) is 0.263. The van der Waals surface area contributed by atoms with Gasteiger partial charge in [-0.1, -0.05) is 11.3 Å². The summed E-state index contributed by atoms with van der Waals surface area (Å²) in [6.07, 6.45) is 5.23. The SMILES string of the molecule is O=C(N1CC(Oc2nc3ccncc3s2)C1)N1N=CC[C@H]1c1cc(F)cc(F)c1. The van der Waals surface area contributed by atoms with Gasteiger partial charge in [-0.05, 0) is 23.8 Å². The second-order valence-electron chi connectivity index (χ2n) is 6.85. The number of aromatic nitrogens is 2. The van der Waals surface area contributed by atoms with Gasteiger partial charge in [0.1, 0.15) is 17.7 Å². The first-order valence-electron chi connectivity index (χ1n) is 9.00. The molecular formula is C19H15F2N5O2S. The fourth-order valence-electron chi connectivity index (χ4n) is 3.41. The molecule has 2 aliphatic rings. The number of likely N-dealkylation sites (tertiary alicyclic amines) is 1. The summed E-state index contributed by atoms with van der Waals surface area (Å²) >= 11 is 1.41. The van der Waals surface area contributed by atoms with Crippen molar-refractivity contribution in [1.29, 1.82) is 0 Å². The van der Waals surface area contributed by atoms with E-state index in [1.54, 1.807) is 23.5 Å². The molecule has 0 bridgehead atoms. The van der Waals surface area contributed by atoms with Crippen LogP contribution in [0.3, 0.4) is 0 Å². The molecule has 2 aromatic heterocycles. The van der Waals surface area contributed by atoms with Crippen LogP contribution in [0.5, 0.6) is 5.19 Å². The third-order valence-electron chi connectivity index (χ3n) is 4.85. The van der Waals surface area contributed by atoms with Crippen LogP contribution in [0.25, 0.3) is 10.2 Å². The number of carbonyl (C=O) groups excluding carboxylic acids is 1. The molecule has 3 aromatic rings. The monoisotopic (exact) mass is 415 g/mol. The quantitative estimate of drug-likeness (QED) is 0.656. The van der Waals surface area contributed by atoms with Gasteiger partial charge in [0, 0.05) is 31.1 Å². The lowest BCUT2D eigenvalue weighted by Crippen LogP contribution is -2.58. The third kappa shape index (κ3) is 3.39. The lowest BCUT2D eigenvalue weighted by atomic mass is 10.0. The van der Waals surface area contributed by atoms with Crippen LogP contribution in [0, 0.1) is 11.6 Å². The summed E-state index contributed by atoms with van der Waals surface area (Å²) in [6.45, 7) is 0.784. The minimum absolute atomic E-state index is 0.163. The van der Waals surface area contributed by atoms with Crippen molar-refractivity contribution in [1.82, 2.24) is 19.9 Å². The predicted molar refractivity (Wildman–Crippen MR) is 103 cm³/mol. The first kappa shape index (κ1) is 17.9. The smallest absolute Gasteiger partial charge is 0.341 e. The van der Waals surface area contributed by atoms with Crippen molar-refractivity contribution in [2.75, 3.05) is 13.1 Å². The summed E-state index contributed by atoms with van der Waals surface area (Å²) in [4.78, 5) is 22.8. The number of ether oxygens (including phenoxy) is 1. The van der Waals surface area contributed by atoms with Crippen molar-refractivity contribution in [3.63, 3.8) is 0 Å². The number of hydrogen-bond donors (Lipinski definition) is 0. The number of thiazole rings is 1. The molecule has 0 unspecified atom stereocenters. The Morgan fingerprint density at radius 2 is 2.00 bits per heavy atom. The molecule has 7 nitrogen and oxygen atoms in total. The van der Waals surface area contributed by atoms with Gasteiger partial charge in [0.25, 0.3) is 5.19 Å². The van der Waals surface area contributed by atoms with Crippen LogP contribution in [0.1, 0.15) is 18.0 Å². The highest BCUT2D eigenvalue weighted by atomic mass is 32.1. The molecule has 1 aromatic carbocycles. The van der Waals surface area contributed by atoms with Crippen molar-refractivity contribution < 1.29 is 18.3 Å². The zero-order chi connectivity index (χ0) is 20.0. The number of fused-ring (bicyclic) bond motifs is 1. The minimum atomic E-state index is -0.678. The number of nitrogens with zero attached hydrogens (tertiary/aromatic N) is 5. The summed E-state index contributed by atoms with van der Waals surface area (Å²) in [5.74, 6) is -1.36. The maximum atomic E-state index is 13.6. The molecule has 1 atom stereocenters. The summed E-state index contributed by atoms with van der Waals surface area (Å²) in [6, 6.07) is 4.24. The predicted octanol–water partition coefficient (Wildman–Crippen LogP) is 3.59. The zero-order valence-corrected chi connectivity index (χ0v) is 15.9. The van der Waals surface area contributed by atoms with Crippen LogP contribution in [0.4, 0.5) is 13.6 Å². The van der Waals surface area contributed by atoms with Crippen molar-refractivity contribution in [2.24, 2.45) is 5.10 Å². The van der Waals surface area contributed by atoms with Gasteiger partial charge < -0.3 is 9.64 Å². The van der Waals surface area contributed by atoms with Gasteiger partial charge in [-0.25, -0.2) is 23.6 Å². The van der Waals surface area contributed by atoms with Crippen molar-refractivity contribution >= 4 is 33.8 Å². The maximum absolute atomic E-state index is 13.6. The number of pyridine rings is 1. The van der Waals surface area contributed by atoms with Gasteiger partial charge in [0.05, 0.1) is 29.3 Å². The molecular weight excluding hydrogens is 400 g/mol. The lowest BCUT2D eigenvalue weighted by molar-refractivity contribution is 0.0277. The van der Waals surface area contributed by atoms with E-state index in [2.05, 4.69) is 15.1 Å². The lowest BCUT2D eigenvalue weighted by Gasteiger charge is -2.40. The van der Waals surface area contributed by atoms with E-state index in [0.29, 0.717) is 30.3 Å². The number of hydrazone groups is 1. The zero-order valence-electron chi connectivity index (χ0n) is 15.0. The Kier molecular flexibility index (Phi) is 4.35. The Morgan fingerprint density at radius 1 is 1.21 bits per heavy atom. The second-order valence-corrected chi connectivity index (χ2v) is 7.84. The maximum Gasteiger partial charge on any atom is 0.341 e. The number of hydrogen-bond acceptors (Lipinski definition) is 6. The summed E-state index contributed by atoms with van der Waals surface area (Å²) in [5.41, 5.74) is 1.20.